The summed E-state index contributed by atoms with van der Waals surface area (Å²) in [5, 5.41) is 9.61. The Morgan fingerprint density at radius 3 is 2.69 bits per heavy atom. The van der Waals surface area contributed by atoms with E-state index in [-0.39, 0.29) is 0 Å². The highest BCUT2D eigenvalue weighted by Gasteiger charge is 2.16. The number of aromatic amines is 2. The molecule has 7 heterocycles. The summed E-state index contributed by atoms with van der Waals surface area (Å²) in [7, 11) is 0. The fourth-order valence-corrected chi connectivity index (χ4v) is 5.11. The minimum absolute atomic E-state index is 0.678. The van der Waals surface area contributed by atoms with Gasteiger partial charge in [0.1, 0.15) is 12.1 Å². The highest BCUT2D eigenvalue weighted by Crippen LogP contribution is 2.32. The number of aryl methyl sites for hydroxylation is 1. The summed E-state index contributed by atoms with van der Waals surface area (Å²) < 4.78 is 1.95. The molecule has 36 heavy (non-hydrogen) atoms. The molecule has 1 saturated heterocycles. The first kappa shape index (κ1) is 21.0. The first-order chi connectivity index (χ1) is 17.7. The van der Waals surface area contributed by atoms with Crippen molar-refractivity contribution in [1.82, 2.24) is 44.6 Å². The Morgan fingerprint density at radius 1 is 0.944 bits per heavy atom. The molecule has 0 aromatic carbocycles. The molecule has 6 aromatic rings. The average Bonchev–Trinajstić information content (AvgIpc) is 3.70. The second-order valence-electron chi connectivity index (χ2n) is 9.46. The molecule has 9 nitrogen and oxygen atoms in total. The van der Waals surface area contributed by atoms with Gasteiger partial charge in [-0.1, -0.05) is 0 Å². The molecule has 1 aliphatic heterocycles. The van der Waals surface area contributed by atoms with Crippen LogP contribution in [0.15, 0.2) is 61.6 Å². The molecular weight excluding hydrogens is 450 g/mol. The highest BCUT2D eigenvalue weighted by molar-refractivity contribution is 5.97. The zero-order chi connectivity index (χ0) is 24.1. The Balaban J connectivity index is 1.28. The SMILES string of the molecule is Cc1cn(-c2nccc3[nH]c(-c4[nH]nc5ncc(-c6cncc(CN7CCCC7)c6)cc45)cc23)cn1. The smallest absolute Gasteiger partial charge is 0.181 e. The Hall–Kier alpha value is -4.37. The Morgan fingerprint density at radius 2 is 1.83 bits per heavy atom. The summed E-state index contributed by atoms with van der Waals surface area (Å²) in [5.74, 6) is 0.833. The number of fused-ring (bicyclic) bond motifs is 2. The number of H-pyrrole nitrogens is 2. The van der Waals surface area contributed by atoms with Crippen molar-refractivity contribution in [2.75, 3.05) is 13.1 Å². The molecular formula is C27H25N9. The second kappa shape index (κ2) is 8.39. The zero-order valence-corrected chi connectivity index (χ0v) is 19.9. The van der Waals surface area contributed by atoms with Crippen molar-refractivity contribution in [1.29, 1.82) is 0 Å². The molecule has 2 N–H and O–H groups in total. The largest absolute Gasteiger partial charge is 0.353 e. The van der Waals surface area contributed by atoms with Crippen molar-refractivity contribution >= 4 is 21.9 Å². The van der Waals surface area contributed by atoms with E-state index in [1.807, 2.05) is 42.3 Å². The third-order valence-electron chi connectivity index (χ3n) is 6.90. The van der Waals surface area contributed by atoms with Crippen LogP contribution in [0.25, 0.3) is 50.3 Å². The third kappa shape index (κ3) is 3.64. The van der Waals surface area contributed by atoms with Crippen LogP contribution in [0.1, 0.15) is 24.1 Å². The monoisotopic (exact) mass is 475 g/mol. The maximum atomic E-state index is 4.64. The summed E-state index contributed by atoms with van der Waals surface area (Å²) >= 11 is 0. The van der Waals surface area contributed by atoms with Gasteiger partial charge in [0.15, 0.2) is 5.65 Å². The van der Waals surface area contributed by atoms with Crippen LogP contribution < -0.4 is 0 Å². The number of hydrogen-bond acceptors (Lipinski definition) is 6. The number of nitrogens with zero attached hydrogens (tertiary/aromatic N) is 7. The predicted octanol–water partition coefficient (Wildman–Crippen LogP) is 4.65. The summed E-state index contributed by atoms with van der Waals surface area (Å²) in [4.78, 5) is 24.1. The van der Waals surface area contributed by atoms with E-state index in [0.29, 0.717) is 5.65 Å². The standard InChI is InChI=1S/C27H25N9/c1-17-14-36(16-31-17)27-21-10-24(32-23(21)4-5-29-27)25-22-9-20(13-30-26(22)34-33-25)19-8-18(11-28-12-19)15-35-6-2-3-7-35/h4-5,8-14,16,32H,2-3,6-7,15H2,1H3,(H,30,33,34). The lowest BCUT2D eigenvalue weighted by atomic mass is 10.1. The van der Waals surface area contributed by atoms with E-state index in [9.17, 15) is 0 Å². The molecule has 6 aromatic heterocycles. The van der Waals surface area contributed by atoms with Crippen molar-refractivity contribution in [3.05, 3.63) is 72.8 Å². The van der Waals surface area contributed by atoms with Crippen LogP contribution >= 0.6 is 0 Å². The van der Waals surface area contributed by atoms with Crippen LogP contribution in [0.5, 0.6) is 0 Å². The normalized spacial score (nSPS) is 14.4. The van der Waals surface area contributed by atoms with Gasteiger partial charge in [-0.05, 0) is 62.7 Å². The predicted molar refractivity (Wildman–Crippen MR) is 139 cm³/mol. The van der Waals surface area contributed by atoms with Gasteiger partial charge in [-0.15, -0.1) is 0 Å². The van der Waals surface area contributed by atoms with Gasteiger partial charge < -0.3 is 4.98 Å². The van der Waals surface area contributed by atoms with Crippen LogP contribution in [0.3, 0.4) is 0 Å². The van der Waals surface area contributed by atoms with Crippen LogP contribution in [0, 0.1) is 6.92 Å². The number of nitrogens with one attached hydrogen (secondary N) is 2. The van der Waals surface area contributed by atoms with Crippen LogP contribution in [0.2, 0.25) is 0 Å². The van der Waals surface area contributed by atoms with Gasteiger partial charge in [0.05, 0.1) is 22.6 Å². The summed E-state index contributed by atoms with van der Waals surface area (Å²) in [6.45, 7) is 5.24. The number of rotatable bonds is 5. The lowest BCUT2D eigenvalue weighted by Crippen LogP contribution is -2.18. The van der Waals surface area contributed by atoms with Gasteiger partial charge in [0, 0.05) is 59.4 Å². The fourth-order valence-electron chi connectivity index (χ4n) is 5.11. The van der Waals surface area contributed by atoms with Crippen LogP contribution in [-0.4, -0.2) is 57.7 Å². The maximum absolute atomic E-state index is 4.64. The van der Waals surface area contributed by atoms with E-state index in [4.69, 9.17) is 0 Å². The van der Waals surface area contributed by atoms with Gasteiger partial charge in [-0.25, -0.2) is 15.0 Å². The van der Waals surface area contributed by atoms with E-state index in [1.165, 1.54) is 18.4 Å². The minimum atomic E-state index is 0.678. The van der Waals surface area contributed by atoms with Crippen molar-refractivity contribution in [2.45, 2.75) is 26.3 Å². The fraction of sp³-hybridized carbons (Fsp3) is 0.222. The van der Waals surface area contributed by atoms with Crippen molar-refractivity contribution in [2.24, 2.45) is 0 Å². The zero-order valence-electron chi connectivity index (χ0n) is 19.9. The lowest BCUT2D eigenvalue weighted by Gasteiger charge is -2.14. The van der Waals surface area contributed by atoms with Gasteiger partial charge in [-0.2, -0.15) is 5.10 Å². The van der Waals surface area contributed by atoms with Crippen molar-refractivity contribution < 1.29 is 0 Å². The Kier molecular flexibility index (Phi) is 4.88. The number of aromatic nitrogens is 8. The molecule has 0 unspecified atom stereocenters. The molecule has 7 rings (SSSR count). The topological polar surface area (TPSA) is 104 Å². The molecule has 1 fully saturated rings. The molecule has 0 radical (unpaired) electrons. The minimum Gasteiger partial charge on any atom is -0.353 e. The molecule has 0 bridgehead atoms. The quantitative estimate of drug-likeness (QED) is 0.376. The lowest BCUT2D eigenvalue weighted by molar-refractivity contribution is 0.331. The molecule has 178 valence electrons. The summed E-state index contributed by atoms with van der Waals surface area (Å²) in [6.07, 6.45) is 13.9. The summed E-state index contributed by atoms with van der Waals surface area (Å²) in [5.41, 5.74) is 7.75. The van der Waals surface area contributed by atoms with Gasteiger partial charge in [0.25, 0.3) is 0 Å². The molecule has 0 atom stereocenters. The van der Waals surface area contributed by atoms with E-state index >= 15 is 0 Å². The van der Waals surface area contributed by atoms with E-state index in [2.05, 4.69) is 58.2 Å². The second-order valence-corrected chi connectivity index (χ2v) is 9.46. The third-order valence-corrected chi connectivity index (χ3v) is 6.90. The molecule has 0 aliphatic carbocycles. The van der Waals surface area contributed by atoms with E-state index in [0.717, 1.165) is 69.9 Å². The number of imidazole rings is 1. The number of hydrogen-bond donors (Lipinski definition) is 2. The van der Waals surface area contributed by atoms with Crippen molar-refractivity contribution in [3.63, 3.8) is 0 Å². The highest BCUT2D eigenvalue weighted by atomic mass is 15.2. The Bertz CT molecular complexity index is 1700. The number of likely N-dealkylation sites (tertiary alicyclic amines) is 1. The van der Waals surface area contributed by atoms with Gasteiger partial charge in [0.2, 0.25) is 0 Å². The molecule has 0 spiro atoms. The molecule has 9 heteroatoms. The van der Waals surface area contributed by atoms with Crippen LogP contribution in [-0.2, 0) is 6.54 Å². The van der Waals surface area contributed by atoms with Gasteiger partial charge >= 0.3 is 0 Å². The molecule has 0 amide bonds. The molecule has 0 saturated carbocycles. The summed E-state index contributed by atoms with van der Waals surface area (Å²) in [6, 6.07) is 8.44. The first-order valence-corrected chi connectivity index (χ1v) is 12.2. The van der Waals surface area contributed by atoms with Crippen LogP contribution in [0.4, 0.5) is 0 Å². The first-order valence-electron chi connectivity index (χ1n) is 12.2. The Labute approximate surface area is 207 Å². The maximum Gasteiger partial charge on any atom is 0.181 e. The number of pyridine rings is 3. The van der Waals surface area contributed by atoms with E-state index in [1.54, 1.807) is 12.5 Å². The average molecular weight is 476 g/mol. The van der Waals surface area contributed by atoms with E-state index < -0.39 is 0 Å². The van der Waals surface area contributed by atoms with Gasteiger partial charge in [-0.3, -0.25) is 19.5 Å². The van der Waals surface area contributed by atoms with Crippen molar-refractivity contribution in [3.8, 4) is 28.3 Å². The molecule has 1 aliphatic rings.